The van der Waals surface area contributed by atoms with Gasteiger partial charge in [0.1, 0.15) is 5.75 Å². The lowest BCUT2D eigenvalue weighted by molar-refractivity contribution is -0.858. The molecule has 2 aromatic carbocycles. The maximum Gasteiger partial charge on any atom is 0.295 e. The van der Waals surface area contributed by atoms with Gasteiger partial charge >= 0.3 is 0 Å². The van der Waals surface area contributed by atoms with Gasteiger partial charge in [0.25, 0.3) is 5.91 Å². The molecule has 1 N–H and O–H groups in total. The summed E-state index contributed by atoms with van der Waals surface area (Å²) in [4.78, 5) is 29.4. The Labute approximate surface area is 221 Å². The fourth-order valence-corrected chi connectivity index (χ4v) is 4.68. The second kappa shape index (κ2) is 12.0. The van der Waals surface area contributed by atoms with E-state index in [4.69, 9.17) is 4.74 Å². The highest BCUT2D eigenvalue weighted by Gasteiger charge is 2.44. The molecule has 1 atom stereocenters. The first-order chi connectivity index (χ1) is 17.5. The molecule has 37 heavy (non-hydrogen) atoms. The van der Waals surface area contributed by atoms with Gasteiger partial charge in [-0.05, 0) is 53.1 Å². The lowest BCUT2D eigenvalue weighted by atomic mass is 9.85. The zero-order chi connectivity index (χ0) is 27.3. The maximum absolute atomic E-state index is 13.9. The fourth-order valence-electron chi connectivity index (χ4n) is 4.68. The minimum atomic E-state index is -0.699. The minimum Gasteiger partial charge on any atom is -0.872 e. The molecule has 1 saturated heterocycles. The van der Waals surface area contributed by atoms with Gasteiger partial charge in [-0.3, -0.25) is 9.59 Å². The Balaban J connectivity index is 2.06. The highest BCUT2D eigenvalue weighted by atomic mass is 16.5. The summed E-state index contributed by atoms with van der Waals surface area (Å²) in [6.45, 7) is 12.2. The largest absolute Gasteiger partial charge is 0.872 e. The molecular formula is C31H42N2O4. The normalized spacial score (nSPS) is 17.6. The zero-order valence-corrected chi connectivity index (χ0v) is 23.4. The van der Waals surface area contributed by atoms with E-state index in [0.29, 0.717) is 24.5 Å². The number of Topliss-reactive ketones (excluding diaryl/α,β-unsaturated/α-hetero) is 1. The average Bonchev–Trinajstić information content (AvgIpc) is 3.08. The van der Waals surface area contributed by atoms with E-state index in [9.17, 15) is 14.7 Å². The van der Waals surface area contributed by atoms with Crippen LogP contribution in [-0.4, -0.2) is 50.4 Å². The third-order valence-corrected chi connectivity index (χ3v) is 6.91. The van der Waals surface area contributed by atoms with Crippen LogP contribution in [0.5, 0.6) is 5.75 Å². The second-order valence-corrected chi connectivity index (χ2v) is 11.3. The number of likely N-dealkylation sites (tertiary alicyclic amines) is 1. The number of nitrogens with one attached hydrogen (secondary N) is 1. The second-order valence-electron chi connectivity index (χ2n) is 11.3. The summed E-state index contributed by atoms with van der Waals surface area (Å²) in [6, 6.07) is 12.6. The third kappa shape index (κ3) is 6.61. The molecule has 200 valence electrons. The first kappa shape index (κ1) is 28.5. The Bertz CT molecular complexity index is 1140. The summed E-state index contributed by atoms with van der Waals surface area (Å²) in [5.41, 5.74) is 3.09. The van der Waals surface area contributed by atoms with E-state index in [0.717, 1.165) is 42.5 Å². The fraction of sp³-hybridized carbons (Fsp3) is 0.484. The van der Waals surface area contributed by atoms with E-state index in [1.165, 1.54) is 4.90 Å². The number of benzene rings is 2. The van der Waals surface area contributed by atoms with Gasteiger partial charge in [-0.2, -0.15) is 0 Å². The average molecular weight is 507 g/mol. The van der Waals surface area contributed by atoms with E-state index in [1.807, 2.05) is 37.3 Å². The summed E-state index contributed by atoms with van der Waals surface area (Å²) in [5, 5.41) is 13.9. The molecule has 0 aliphatic carbocycles. The van der Waals surface area contributed by atoms with Crippen molar-refractivity contribution < 1.29 is 24.3 Å². The molecule has 1 fully saturated rings. The van der Waals surface area contributed by atoms with Gasteiger partial charge in [0.15, 0.2) is 0 Å². The number of nitrogens with zero attached hydrogens (tertiary/aromatic N) is 1. The molecular weight excluding hydrogens is 464 g/mol. The molecule has 0 bridgehead atoms. The number of rotatable bonds is 10. The molecule has 1 heterocycles. The van der Waals surface area contributed by atoms with Gasteiger partial charge in [0.2, 0.25) is 5.78 Å². The van der Waals surface area contributed by atoms with E-state index >= 15 is 0 Å². The van der Waals surface area contributed by atoms with Crippen LogP contribution < -0.4 is 14.7 Å². The summed E-state index contributed by atoms with van der Waals surface area (Å²) in [7, 11) is 4.11. The predicted molar refractivity (Wildman–Crippen MR) is 145 cm³/mol. The number of hydrogen-bond donors (Lipinski definition) is 1. The smallest absolute Gasteiger partial charge is 0.295 e. The summed E-state index contributed by atoms with van der Waals surface area (Å²) in [5.74, 6) is -0.987. The van der Waals surface area contributed by atoms with Crippen molar-refractivity contribution >= 4 is 17.4 Å². The van der Waals surface area contributed by atoms with E-state index in [1.54, 1.807) is 17.0 Å². The number of ketones is 1. The van der Waals surface area contributed by atoms with Crippen LogP contribution in [0.1, 0.15) is 75.3 Å². The monoisotopic (exact) mass is 506 g/mol. The van der Waals surface area contributed by atoms with Gasteiger partial charge in [0, 0.05) is 18.5 Å². The van der Waals surface area contributed by atoms with E-state index < -0.39 is 17.7 Å². The van der Waals surface area contributed by atoms with Crippen LogP contribution in [0.2, 0.25) is 0 Å². The highest BCUT2D eigenvalue weighted by Crippen LogP contribution is 2.40. The molecule has 6 nitrogen and oxygen atoms in total. The topological polar surface area (TPSA) is 74.1 Å². The van der Waals surface area contributed by atoms with Crippen LogP contribution in [0.15, 0.2) is 48.0 Å². The molecule has 1 aliphatic rings. The van der Waals surface area contributed by atoms with Gasteiger partial charge in [-0.15, -0.1) is 0 Å². The van der Waals surface area contributed by atoms with Gasteiger partial charge < -0.3 is 19.6 Å². The van der Waals surface area contributed by atoms with E-state index in [2.05, 4.69) is 41.8 Å². The zero-order valence-electron chi connectivity index (χ0n) is 23.4. The number of quaternary nitrogens is 1. The van der Waals surface area contributed by atoms with Crippen LogP contribution in [0, 0.1) is 6.92 Å². The first-order valence-corrected chi connectivity index (χ1v) is 13.4. The highest BCUT2D eigenvalue weighted by molar-refractivity contribution is 6.46. The molecule has 1 unspecified atom stereocenters. The lowest BCUT2D eigenvalue weighted by Crippen LogP contribution is -3.05. The van der Waals surface area contributed by atoms with Crippen LogP contribution in [0.25, 0.3) is 5.76 Å². The Morgan fingerprint density at radius 3 is 2.30 bits per heavy atom. The number of hydrogen-bond acceptors (Lipinski definition) is 4. The third-order valence-electron chi connectivity index (χ3n) is 6.91. The number of aryl methyl sites for hydroxylation is 1. The molecule has 6 heteroatoms. The van der Waals surface area contributed by atoms with Gasteiger partial charge in [0.05, 0.1) is 33.3 Å². The van der Waals surface area contributed by atoms with Crippen molar-refractivity contribution in [2.75, 3.05) is 33.8 Å². The van der Waals surface area contributed by atoms with Crippen molar-refractivity contribution in [2.24, 2.45) is 0 Å². The molecule has 3 rings (SSSR count). The molecule has 0 aromatic heterocycles. The van der Waals surface area contributed by atoms with E-state index in [-0.39, 0.29) is 16.7 Å². The number of amides is 1. The van der Waals surface area contributed by atoms with Gasteiger partial charge in [-0.1, -0.05) is 70.2 Å². The Morgan fingerprint density at radius 2 is 1.73 bits per heavy atom. The molecule has 1 aliphatic heterocycles. The number of carbonyl (C=O) groups is 2. The Kier molecular flexibility index (Phi) is 9.19. The van der Waals surface area contributed by atoms with Crippen LogP contribution in [0.4, 0.5) is 0 Å². The quantitative estimate of drug-likeness (QED) is 0.232. The van der Waals surface area contributed by atoms with Crippen molar-refractivity contribution in [3.8, 4) is 5.75 Å². The van der Waals surface area contributed by atoms with Crippen LogP contribution in [0.3, 0.4) is 0 Å². The number of carbonyl (C=O) groups excluding carboxylic acids is 2. The molecule has 0 saturated carbocycles. The Morgan fingerprint density at radius 1 is 1.05 bits per heavy atom. The summed E-state index contributed by atoms with van der Waals surface area (Å²) < 4.78 is 5.79. The summed E-state index contributed by atoms with van der Waals surface area (Å²) >= 11 is 0. The molecule has 0 spiro atoms. The van der Waals surface area contributed by atoms with Crippen molar-refractivity contribution in [1.29, 1.82) is 0 Å². The standard InChI is InChI=1S/C31H42N2O4/c1-8-9-19-37-24-15-16-25(21(2)20-24)28(34)26-27(22-11-13-23(14-12-22)31(3,4)5)33(30(36)29(26)35)18-10-17-32(6)7/h11-16,20,27,34H,8-10,17-19H2,1-7H3/b28-26+. The van der Waals surface area contributed by atoms with Crippen molar-refractivity contribution in [2.45, 2.75) is 65.3 Å². The number of ether oxygens (including phenoxy) is 1. The minimum absolute atomic E-state index is 0.0333. The van der Waals surface area contributed by atoms with Crippen LogP contribution in [-0.2, 0) is 15.0 Å². The molecule has 2 aromatic rings. The predicted octanol–water partition coefficient (Wildman–Crippen LogP) is 3.23. The molecule has 1 amide bonds. The lowest BCUT2D eigenvalue weighted by Gasteiger charge is -2.29. The first-order valence-electron chi connectivity index (χ1n) is 13.4. The van der Waals surface area contributed by atoms with Gasteiger partial charge in [-0.25, -0.2) is 0 Å². The number of unbranched alkanes of at least 4 members (excludes halogenated alkanes) is 1. The molecule has 0 radical (unpaired) electrons. The maximum atomic E-state index is 13.9. The van der Waals surface area contributed by atoms with Crippen LogP contribution >= 0.6 is 0 Å². The van der Waals surface area contributed by atoms with Crippen molar-refractivity contribution in [3.63, 3.8) is 0 Å². The summed E-state index contributed by atoms with van der Waals surface area (Å²) in [6.07, 6.45) is 2.73. The SMILES string of the molecule is CCCCOc1ccc(/C([O-])=C2\C(=O)C(=O)N(CCC[NH+](C)C)C2c2ccc(C(C)(C)C)cc2)c(C)c1. The Hall–Kier alpha value is -3.12. The van der Waals surface area contributed by atoms with Crippen molar-refractivity contribution in [3.05, 3.63) is 70.3 Å². The van der Waals surface area contributed by atoms with Crippen molar-refractivity contribution in [1.82, 2.24) is 4.90 Å².